The van der Waals surface area contributed by atoms with Crippen LogP contribution >= 0.6 is 0 Å². The molecule has 0 aromatic heterocycles. The van der Waals surface area contributed by atoms with Crippen LogP contribution in [-0.2, 0) is 6.18 Å². The van der Waals surface area contributed by atoms with E-state index in [2.05, 4.69) is 0 Å². The van der Waals surface area contributed by atoms with Crippen LogP contribution in [0.25, 0.3) is 0 Å². The molecule has 0 atom stereocenters. The Morgan fingerprint density at radius 2 is 1.56 bits per heavy atom. The maximum absolute atomic E-state index is 12.2. The molecule has 0 aliphatic carbocycles. The van der Waals surface area contributed by atoms with E-state index in [0.29, 0.717) is 6.07 Å². The first-order chi connectivity index (χ1) is 7.18. The number of hydrogen-bond acceptors (Lipinski definition) is 2. The van der Waals surface area contributed by atoms with Gasteiger partial charge in [0.1, 0.15) is 0 Å². The van der Waals surface area contributed by atoms with Gasteiger partial charge in [0.2, 0.25) is 0 Å². The summed E-state index contributed by atoms with van der Waals surface area (Å²) in [7, 11) is 0. The summed E-state index contributed by atoms with van der Waals surface area (Å²) in [6.07, 6.45) is -9.30. The zero-order valence-electron chi connectivity index (χ0n) is 7.58. The molecule has 1 aromatic rings. The Morgan fingerprint density at radius 1 is 0.938 bits per heavy atom. The molecule has 0 bridgehead atoms. The van der Waals surface area contributed by atoms with Crippen LogP contribution in [-0.4, -0.2) is 6.30 Å². The minimum absolute atomic E-state index is 0.327. The zero-order valence-corrected chi connectivity index (χ0v) is 7.58. The molecule has 0 amide bonds. The fourth-order valence-corrected chi connectivity index (χ4v) is 0.916. The largest absolute Gasteiger partial charge is 0.474 e. The van der Waals surface area contributed by atoms with Gasteiger partial charge >= 0.3 is 12.5 Å². The molecule has 0 saturated heterocycles. The highest BCUT2D eigenvalue weighted by Crippen LogP contribution is 2.30. The molecule has 0 fully saturated rings. The number of hydrazine groups is 1. The van der Waals surface area contributed by atoms with Crippen LogP contribution in [0.2, 0.25) is 0 Å². The average molecular weight is 244 g/mol. The second-order valence-electron chi connectivity index (χ2n) is 2.83. The van der Waals surface area contributed by atoms with Crippen molar-refractivity contribution in [3.63, 3.8) is 0 Å². The molecule has 1 rings (SSSR count). The van der Waals surface area contributed by atoms with Crippen molar-refractivity contribution in [2.45, 2.75) is 12.5 Å². The summed E-state index contributed by atoms with van der Waals surface area (Å²) in [6, 6.07) is 3.41. The number of anilines is 1. The van der Waals surface area contributed by atoms with Crippen LogP contribution in [0.4, 0.5) is 32.0 Å². The molecule has 0 spiro atoms. The van der Waals surface area contributed by atoms with Gasteiger partial charge in [-0.3, -0.25) is 0 Å². The average Bonchev–Trinajstić information content (AvgIpc) is 2.13. The normalized spacial score (nSPS) is 12.6. The zero-order chi connectivity index (χ0) is 12.4. The van der Waals surface area contributed by atoms with E-state index in [1.165, 1.54) is 0 Å². The lowest BCUT2D eigenvalue weighted by Crippen LogP contribution is -2.36. The molecule has 2 nitrogen and oxygen atoms in total. The second-order valence-corrected chi connectivity index (χ2v) is 2.83. The van der Waals surface area contributed by atoms with Gasteiger partial charge in [-0.05, 0) is 18.2 Å². The molecule has 2 N–H and O–H groups in total. The minimum Gasteiger partial charge on any atom is -0.314 e. The molecule has 8 heteroatoms. The molecule has 16 heavy (non-hydrogen) atoms. The van der Waals surface area contributed by atoms with Crippen molar-refractivity contribution in [3.8, 4) is 0 Å². The van der Waals surface area contributed by atoms with Gasteiger partial charge in [-0.2, -0.15) is 26.3 Å². The maximum Gasteiger partial charge on any atom is 0.474 e. The molecule has 0 radical (unpaired) electrons. The van der Waals surface area contributed by atoms with E-state index in [9.17, 15) is 26.3 Å². The van der Waals surface area contributed by atoms with Gasteiger partial charge in [-0.15, -0.1) is 5.43 Å². The predicted octanol–water partition coefficient (Wildman–Crippen LogP) is 3.14. The van der Waals surface area contributed by atoms with Crippen LogP contribution in [0, 0.1) is 0 Å². The summed E-state index contributed by atoms with van der Waals surface area (Å²) in [6.45, 7) is 0. The van der Waals surface area contributed by atoms with Gasteiger partial charge in [0.05, 0.1) is 5.56 Å². The summed E-state index contributed by atoms with van der Waals surface area (Å²) in [5, 5.41) is 0. The predicted molar refractivity (Wildman–Crippen MR) is 44.3 cm³/mol. The SMILES string of the molecule is FC(F)(F)NNc1cccc(C(F)(F)F)c1. The van der Waals surface area contributed by atoms with Gasteiger partial charge in [0.25, 0.3) is 0 Å². The Morgan fingerprint density at radius 3 is 2.06 bits per heavy atom. The van der Waals surface area contributed by atoms with Crippen molar-refractivity contribution in [1.82, 2.24) is 5.43 Å². The first-order valence-electron chi connectivity index (χ1n) is 3.96. The molecular formula is C8H6F6N2. The minimum atomic E-state index is -4.71. The molecule has 0 heterocycles. The van der Waals surface area contributed by atoms with Crippen molar-refractivity contribution in [2.24, 2.45) is 0 Å². The number of halogens is 6. The van der Waals surface area contributed by atoms with E-state index in [0.717, 1.165) is 23.6 Å². The molecule has 1 aromatic carbocycles. The first kappa shape index (κ1) is 12.6. The lowest BCUT2D eigenvalue weighted by Gasteiger charge is -2.12. The highest BCUT2D eigenvalue weighted by molar-refractivity contribution is 5.45. The quantitative estimate of drug-likeness (QED) is 0.474. The monoisotopic (exact) mass is 244 g/mol. The molecular weight excluding hydrogens is 238 g/mol. The molecule has 0 aliphatic heterocycles. The number of hydrogen-bond donors (Lipinski definition) is 2. The smallest absolute Gasteiger partial charge is 0.314 e. The van der Waals surface area contributed by atoms with Gasteiger partial charge in [-0.1, -0.05) is 6.07 Å². The Labute approximate surface area is 86.2 Å². The van der Waals surface area contributed by atoms with E-state index in [4.69, 9.17) is 0 Å². The maximum atomic E-state index is 12.2. The Hall–Kier alpha value is -1.44. The van der Waals surface area contributed by atoms with Crippen LogP contribution in [0.5, 0.6) is 0 Å². The van der Waals surface area contributed by atoms with E-state index < -0.39 is 18.0 Å². The van der Waals surface area contributed by atoms with E-state index in [1.54, 1.807) is 5.43 Å². The van der Waals surface area contributed by atoms with E-state index >= 15 is 0 Å². The van der Waals surface area contributed by atoms with E-state index in [1.807, 2.05) is 0 Å². The third-order valence-corrected chi connectivity index (χ3v) is 1.54. The highest BCUT2D eigenvalue weighted by atomic mass is 19.4. The van der Waals surface area contributed by atoms with Crippen LogP contribution in [0.15, 0.2) is 24.3 Å². The third-order valence-electron chi connectivity index (χ3n) is 1.54. The lowest BCUT2D eigenvalue weighted by molar-refractivity contribution is -0.151. The van der Waals surface area contributed by atoms with Crippen LogP contribution in [0.1, 0.15) is 5.56 Å². The fourth-order valence-electron chi connectivity index (χ4n) is 0.916. The van der Waals surface area contributed by atoms with Gasteiger partial charge in [-0.25, -0.2) is 0 Å². The van der Waals surface area contributed by atoms with Gasteiger partial charge in [0.15, 0.2) is 0 Å². The van der Waals surface area contributed by atoms with Crippen molar-refractivity contribution < 1.29 is 26.3 Å². The standard InChI is InChI=1S/C8H6F6N2/c9-7(10,11)5-2-1-3-6(4-5)15-16-8(12,13)14/h1-4,15-16H. The third kappa shape index (κ3) is 3.97. The van der Waals surface area contributed by atoms with Crippen LogP contribution < -0.4 is 10.9 Å². The summed E-state index contributed by atoms with van der Waals surface area (Å²) in [5.74, 6) is 0. The number of benzene rings is 1. The molecule has 90 valence electrons. The second kappa shape index (κ2) is 4.20. The summed E-state index contributed by atoms with van der Waals surface area (Å²) >= 11 is 0. The highest BCUT2D eigenvalue weighted by Gasteiger charge is 2.31. The fraction of sp³-hybridized carbons (Fsp3) is 0.250. The van der Waals surface area contributed by atoms with Gasteiger partial charge < -0.3 is 5.43 Å². The first-order valence-corrected chi connectivity index (χ1v) is 3.96. The van der Waals surface area contributed by atoms with E-state index in [-0.39, 0.29) is 5.69 Å². The Balaban J connectivity index is 2.76. The topological polar surface area (TPSA) is 24.1 Å². The Bertz CT molecular complexity index is 356. The van der Waals surface area contributed by atoms with Crippen LogP contribution in [0.3, 0.4) is 0 Å². The summed E-state index contributed by atoms with van der Waals surface area (Å²) in [4.78, 5) is 0. The van der Waals surface area contributed by atoms with Crippen molar-refractivity contribution in [2.75, 3.05) is 5.43 Å². The molecule has 0 unspecified atom stereocenters. The number of nitrogens with one attached hydrogen (secondary N) is 2. The van der Waals surface area contributed by atoms with Crippen molar-refractivity contribution >= 4 is 5.69 Å². The number of rotatable bonds is 2. The molecule has 0 aliphatic rings. The van der Waals surface area contributed by atoms with Crippen molar-refractivity contribution in [1.29, 1.82) is 0 Å². The number of alkyl halides is 6. The lowest BCUT2D eigenvalue weighted by atomic mass is 10.2. The Kier molecular flexibility index (Phi) is 3.32. The van der Waals surface area contributed by atoms with Gasteiger partial charge in [0, 0.05) is 5.69 Å². The summed E-state index contributed by atoms with van der Waals surface area (Å²) in [5.41, 5.74) is 1.17. The molecule has 0 saturated carbocycles. The summed E-state index contributed by atoms with van der Waals surface area (Å²) < 4.78 is 71.6. The van der Waals surface area contributed by atoms with Crippen molar-refractivity contribution in [3.05, 3.63) is 29.8 Å².